The van der Waals surface area contributed by atoms with Gasteiger partial charge in [0, 0.05) is 25.5 Å². The van der Waals surface area contributed by atoms with E-state index in [1.807, 2.05) is 0 Å². The Labute approximate surface area is 197 Å². The van der Waals surface area contributed by atoms with Crippen molar-refractivity contribution in [3.05, 3.63) is 12.4 Å². The monoisotopic (exact) mass is 434 g/mol. The van der Waals surface area contributed by atoms with Crippen molar-refractivity contribution in [3.8, 4) is 0 Å². The molecule has 0 aromatic rings. The van der Waals surface area contributed by atoms with E-state index in [0.717, 1.165) is 0 Å². The van der Waals surface area contributed by atoms with Crippen molar-refractivity contribution in [1.82, 2.24) is 9.80 Å². The minimum Gasteiger partial charge on any atom is -0.356 e. The van der Waals surface area contributed by atoms with E-state index < -0.39 is 0 Å². The zero-order chi connectivity index (χ0) is 22.6. The van der Waals surface area contributed by atoms with E-state index in [2.05, 4.69) is 49.9 Å². The second kappa shape index (κ2) is 20.0. The van der Waals surface area contributed by atoms with Crippen molar-refractivity contribution < 1.29 is 0 Å². The van der Waals surface area contributed by atoms with Gasteiger partial charge in [0.2, 0.25) is 0 Å². The number of nitrogens with zero attached hydrogens (tertiary/aromatic N) is 2. The third-order valence-electron chi connectivity index (χ3n) is 7.02. The summed E-state index contributed by atoms with van der Waals surface area (Å²) in [7, 11) is 0. The van der Waals surface area contributed by atoms with E-state index in [1.165, 1.54) is 135 Å². The standard InChI is InChI=1S/C29H58N2/c1-5-7-9-10-11-12-13-14-15-16-17-18-19-20-21-22-23-25-31-27-26-30(24-8-6-2)29(31)28(3)4/h26-29H,5-25H2,1-4H3. The smallest absolute Gasteiger partial charge is 0.103 e. The lowest BCUT2D eigenvalue weighted by Crippen LogP contribution is -2.43. The number of hydrogen-bond donors (Lipinski definition) is 0. The second-order valence-corrected chi connectivity index (χ2v) is 10.4. The highest BCUT2D eigenvalue weighted by molar-refractivity contribution is 4.98. The average Bonchev–Trinajstić information content (AvgIpc) is 3.17. The first-order valence-corrected chi connectivity index (χ1v) is 14.4. The fraction of sp³-hybridized carbons (Fsp3) is 0.931. The summed E-state index contributed by atoms with van der Waals surface area (Å²) in [5.74, 6) is 0.692. The van der Waals surface area contributed by atoms with Gasteiger partial charge in [-0.05, 0) is 18.8 Å². The van der Waals surface area contributed by atoms with Crippen LogP contribution in [0.15, 0.2) is 12.4 Å². The van der Waals surface area contributed by atoms with Crippen LogP contribution in [-0.4, -0.2) is 29.1 Å². The van der Waals surface area contributed by atoms with Gasteiger partial charge in [-0.2, -0.15) is 0 Å². The van der Waals surface area contributed by atoms with Crippen molar-refractivity contribution in [2.45, 2.75) is 156 Å². The van der Waals surface area contributed by atoms with Crippen LogP contribution in [0.1, 0.15) is 150 Å². The van der Waals surface area contributed by atoms with Crippen LogP contribution >= 0.6 is 0 Å². The quantitative estimate of drug-likeness (QED) is 0.156. The summed E-state index contributed by atoms with van der Waals surface area (Å²) in [6, 6.07) is 0. The van der Waals surface area contributed by atoms with E-state index in [1.54, 1.807) is 0 Å². The Hall–Kier alpha value is -0.660. The summed E-state index contributed by atoms with van der Waals surface area (Å²) >= 11 is 0. The van der Waals surface area contributed by atoms with Crippen molar-refractivity contribution in [1.29, 1.82) is 0 Å². The minimum atomic E-state index is 0.590. The van der Waals surface area contributed by atoms with Crippen molar-refractivity contribution in [3.63, 3.8) is 0 Å². The summed E-state index contributed by atoms with van der Waals surface area (Å²) in [6.45, 7) is 11.8. The summed E-state index contributed by atoms with van der Waals surface area (Å²) in [5, 5.41) is 0. The lowest BCUT2D eigenvalue weighted by Gasteiger charge is -2.35. The first kappa shape index (κ1) is 28.4. The molecule has 0 spiro atoms. The number of unbranched alkanes of at least 4 members (excludes halogenated alkanes) is 17. The zero-order valence-corrected chi connectivity index (χ0v) is 22.1. The molecule has 1 aliphatic rings. The van der Waals surface area contributed by atoms with Gasteiger partial charge in [-0.15, -0.1) is 0 Å². The summed E-state index contributed by atoms with van der Waals surface area (Å²) in [4.78, 5) is 5.17. The molecule has 1 heterocycles. The molecule has 1 rings (SSSR count). The zero-order valence-electron chi connectivity index (χ0n) is 22.1. The molecule has 0 amide bonds. The fourth-order valence-electron chi connectivity index (χ4n) is 5.08. The highest BCUT2D eigenvalue weighted by Crippen LogP contribution is 2.24. The Kier molecular flexibility index (Phi) is 18.3. The molecule has 0 saturated carbocycles. The third kappa shape index (κ3) is 14.2. The molecule has 0 aromatic heterocycles. The Morgan fingerprint density at radius 2 is 0.806 bits per heavy atom. The number of rotatable bonds is 22. The maximum Gasteiger partial charge on any atom is 0.103 e. The van der Waals surface area contributed by atoms with Gasteiger partial charge in [0.05, 0.1) is 0 Å². The SMILES string of the molecule is CCCCCCCCCCCCCCCCCCCN1C=CN(CCCC)C1C(C)C. The second-order valence-electron chi connectivity index (χ2n) is 10.4. The molecule has 1 unspecified atom stereocenters. The Balaban J connectivity index is 1.88. The van der Waals surface area contributed by atoms with Crippen LogP contribution in [0.5, 0.6) is 0 Å². The third-order valence-corrected chi connectivity index (χ3v) is 7.02. The van der Waals surface area contributed by atoms with Crippen LogP contribution in [0.2, 0.25) is 0 Å². The molecular formula is C29H58N2. The molecular weight excluding hydrogens is 376 g/mol. The lowest BCUT2D eigenvalue weighted by atomic mass is 10.0. The molecule has 0 aliphatic carbocycles. The van der Waals surface area contributed by atoms with Gasteiger partial charge < -0.3 is 9.80 Å². The largest absolute Gasteiger partial charge is 0.356 e. The van der Waals surface area contributed by atoms with Crippen LogP contribution in [0.4, 0.5) is 0 Å². The molecule has 0 fully saturated rings. The first-order chi connectivity index (χ1) is 15.2. The van der Waals surface area contributed by atoms with Crippen LogP contribution in [0, 0.1) is 5.92 Å². The van der Waals surface area contributed by atoms with Gasteiger partial charge in [-0.25, -0.2) is 0 Å². The van der Waals surface area contributed by atoms with Crippen molar-refractivity contribution in [2.75, 3.05) is 13.1 Å². The van der Waals surface area contributed by atoms with Crippen LogP contribution in [0.25, 0.3) is 0 Å². The molecule has 0 radical (unpaired) electrons. The molecule has 0 bridgehead atoms. The number of hydrogen-bond acceptors (Lipinski definition) is 2. The molecule has 0 saturated heterocycles. The first-order valence-electron chi connectivity index (χ1n) is 14.4. The highest BCUT2D eigenvalue weighted by atomic mass is 15.4. The van der Waals surface area contributed by atoms with Gasteiger partial charge in [-0.1, -0.05) is 137 Å². The normalized spacial score (nSPS) is 16.2. The highest BCUT2D eigenvalue weighted by Gasteiger charge is 2.27. The topological polar surface area (TPSA) is 6.48 Å². The van der Waals surface area contributed by atoms with E-state index in [0.29, 0.717) is 12.1 Å². The lowest BCUT2D eigenvalue weighted by molar-refractivity contribution is 0.104. The summed E-state index contributed by atoms with van der Waals surface area (Å²) in [6.07, 6.45) is 32.5. The maximum absolute atomic E-state index is 2.60. The van der Waals surface area contributed by atoms with E-state index in [-0.39, 0.29) is 0 Å². The van der Waals surface area contributed by atoms with Crippen molar-refractivity contribution in [2.24, 2.45) is 5.92 Å². The average molecular weight is 435 g/mol. The van der Waals surface area contributed by atoms with Crippen LogP contribution in [0.3, 0.4) is 0 Å². The molecule has 0 N–H and O–H groups in total. The molecule has 1 aliphatic heterocycles. The van der Waals surface area contributed by atoms with Gasteiger partial charge in [-0.3, -0.25) is 0 Å². The van der Waals surface area contributed by atoms with Gasteiger partial charge in [0.25, 0.3) is 0 Å². The van der Waals surface area contributed by atoms with E-state index in [4.69, 9.17) is 0 Å². The fourth-order valence-corrected chi connectivity index (χ4v) is 5.08. The minimum absolute atomic E-state index is 0.590. The van der Waals surface area contributed by atoms with Crippen molar-refractivity contribution >= 4 is 0 Å². The van der Waals surface area contributed by atoms with Crippen LogP contribution < -0.4 is 0 Å². The Morgan fingerprint density at radius 3 is 1.16 bits per heavy atom. The molecule has 2 heteroatoms. The Morgan fingerprint density at radius 1 is 0.484 bits per heavy atom. The maximum atomic E-state index is 2.60. The summed E-state index contributed by atoms with van der Waals surface area (Å²) < 4.78 is 0. The molecule has 1 atom stereocenters. The predicted molar refractivity (Wildman–Crippen MR) is 140 cm³/mol. The van der Waals surface area contributed by atoms with E-state index >= 15 is 0 Å². The van der Waals surface area contributed by atoms with Gasteiger partial charge >= 0.3 is 0 Å². The van der Waals surface area contributed by atoms with Crippen LogP contribution in [-0.2, 0) is 0 Å². The predicted octanol–water partition coefficient (Wildman–Crippen LogP) is 9.51. The van der Waals surface area contributed by atoms with Gasteiger partial charge in [0.1, 0.15) is 6.17 Å². The van der Waals surface area contributed by atoms with E-state index in [9.17, 15) is 0 Å². The Bertz CT molecular complexity index is 404. The molecule has 31 heavy (non-hydrogen) atoms. The summed E-state index contributed by atoms with van der Waals surface area (Å²) in [5.41, 5.74) is 0. The molecule has 0 aromatic carbocycles. The molecule has 184 valence electrons. The van der Waals surface area contributed by atoms with Gasteiger partial charge in [0.15, 0.2) is 0 Å². The molecule has 2 nitrogen and oxygen atoms in total.